The lowest BCUT2D eigenvalue weighted by molar-refractivity contribution is -0.360. The molecule has 1 aliphatic carbocycles. The highest BCUT2D eigenvalue weighted by Crippen LogP contribution is 2.43. The Kier molecular flexibility index (Phi) is 35.9. The number of Topliss-reactive ketones (excluding diaryl/α,β-unsaturated/α-hetero) is 3. The maximum atomic E-state index is 14.8. The molecule has 7 heterocycles. The Labute approximate surface area is 679 Å². The van der Waals surface area contributed by atoms with E-state index in [1.807, 2.05) is 44.2 Å². The van der Waals surface area contributed by atoms with Gasteiger partial charge >= 0.3 is 5.97 Å². The molecule has 3 fully saturated rings. The maximum Gasteiger partial charge on any atom is 0.329 e. The third-order valence-corrected chi connectivity index (χ3v) is 22.6. The standard InChI is InChI=1S/C84H123N11O21/c1-52-18-12-11-13-19-53(2)70(106-9)48-83(103)28-26-58(7)84(104,116-83)78(100)80(101)95-30-17-15-21-64(95)81(102)114-68(47-65(96)54(3)43-57(6)76(99)77(107-10)75(98)56(5)42-52)55(4)44-59-22-24-67(69(45-59)105-8)113-41-40-112-50-61-49-94(93-92-61)31-33-109-35-37-111-39-38-110-36-34-108-32-27-71(97)87-29-16-14-20-62-74-72(79(85)89-51-88-74)73(90-62)60-23-25-66-63(46-60)91-82(86)115-66/h11-13,18-19,23,25,43,46,49,51-52,54-56,58-59,62,64,67-70,76-77,99,103-104H,14-17,20-22,24,26-42,44-45,47-48,50H2,1-10H3,(H2,86,91)(H,87,97)(H2,85,88,89)/b13-11?,18-12+,53-19?,57-43+/t52-,54-,55-,56-,58-,59+,62?,64+,67-,68+,69-,70+,76-,77+,83+,84-/m1/s1. The van der Waals surface area contributed by atoms with Crippen molar-refractivity contribution in [2.75, 3.05) is 112 Å². The van der Waals surface area contributed by atoms with E-state index in [0.717, 1.165) is 41.8 Å². The number of carbonyl (C=O) groups is 6. The minimum Gasteiger partial charge on any atom is -0.460 e. The Bertz CT molecular complexity index is 4030. The van der Waals surface area contributed by atoms with Gasteiger partial charge in [-0.2, -0.15) is 4.98 Å². The van der Waals surface area contributed by atoms with Gasteiger partial charge in [-0.25, -0.2) is 19.4 Å². The second-order valence-electron chi connectivity index (χ2n) is 31.5. The molecule has 3 aromatic heterocycles. The summed E-state index contributed by atoms with van der Waals surface area (Å²) in [6.45, 7) is 17.1. The SMILES string of the molecule is CO[C@H]1C[C@]2(O)CC[C@@H](C)[C@@](O)(O2)C(=O)C(=O)N2CCCC[C@H]2C(=O)O[C@H]([C@H](C)C[C@@H]2CC[C@@H](OCCOCc3cn(CCOCCOCCOCCOCCC(=O)NCCCCC4N=C(c5ccc6oc(N)nc6c5)c5c(N)ncnc54)nn3)[C@H](OC)C2)CC(=O)[C@H](C)/C=C(\C)[C@@H](O)[C@@H](OC)C(=O)[C@H](C)C[C@H](C)/C=C/C=CC=C1C. The largest absolute Gasteiger partial charge is 0.460 e. The zero-order valence-electron chi connectivity index (χ0n) is 69.1. The lowest BCUT2D eigenvalue weighted by atomic mass is 9.78. The monoisotopic (exact) mass is 1620 g/mol. The summed E-state index contributed by atoms with van der Waals surface area (Å²) < 4.78 is 71.9. The number of ether oxygens (including phenoxy) is 11. The predicted molar refractivity (Wildman–Crippen MR) is 428 cm³/mol. The van der Waals surface area contributed by atoms with Crippen LogP contribution in [-0.4, -0.2) is 246 Å². The van der Waals surface area contributed by atoms with Gasteiger partial charge in [0.2, 0.25) is 11.7 Å². The van der Waals surface area contributed by atoms with Crippen LogP contribution in [0.4, 0.5) is 11.8 Å². The molecule has 8 N–H and O–H groups in total. The number of rotatable bonds is 33. The van der Waals surface area contributed by atoms with Crippen LogP contribution >= 0.6 is 0 Å². The Morgan fingerprint density at radius 2 is 1.55 bits per heavy atom. The lowest BCUT2D eigenvalue weighted by Gasteiger charge is -2.46. The molecule has 0 radical (unpaired) electrons. The number of hydrogen-bond donors (Lipinski definition) is 6. The molecule has 9 rings (SSSR count). The van der Waals surface area contributed by atoms with Crippen molar-refractivity contribution in [3.05, 3.63) is 101 Å². The normalized spacial score (nSPS) is 28.8. The second-order valence-corrected chi connectivity index (χ2v) is 31.5. The van der Waals surface area contributed by atoms with Crippen molar-refractivity contribution in [3.8, 4) is 0 Å². The molecule has 1 aromatic carbocycles. The van der Waals surface area contributed by atoms with Gasteiger partial charge in [-0.1, -0.05) is 76.3 Å². The number of piperidine rings is 1. The van der Waals surface area contributed by atoms with Gasteiger partial charge in [0, 0.05) is 83.4 Å². The first-order valence-electron chi connectivity index (χ1n) is 41.0. The molecule has 5 aliphatic rings. The minimum atomic E-state index is -2.75. The van der Waals surface area contributed by atoms with E-state index in [1.54, 1.807) is 76.9 Å². The van der Waals surface area contributed by atoms with Crippen LogP contribution in [0.5, 0.6) is 0 Å². The van der Waals surface area contributed by atoms with Crippen LogP contribution < -0.4 is 16.8 Å². The molecule has 32 nitrogen and oxygen atoms in total. The smallest absolute Gasteiger partial charge is 0.329 e. The number of esters is 1. The molecule has 1 saturated carbocycles. The van der Waals surface area contributed by atoms with Gasteiger partial charge < -0.3 is 93.5 Å². The quantitative estimate of drug-likeness (QED) is 0.0115. The van der Waals surface area contributed by atoms with E-state index in [2.05, 4.69) is 30.6 Å². The molecule has 1 unspecified atom stereocenters. The van der Waals surface area contributed by atoms with E-state index in [4.69, 9.17) is 73.0 Å². The van der Waals surface area contributed by atoms with Gasteiger partial charge in [-0.15, -0.1) is 5.10 Å². The predicted octanol–water partition coefficient (Wildman–Crippen LogP) is 7.76. The fourth-order valence-corrected chi connectivity index (χ4v) is 15.8. The van der Waals surface area contributed by atoms with Crippen LogP contribution in [0.3, 0.4) is 0 Å². The number of cyclic esters (lactones) is 1. The van der Waals surface area contributed by atoms with Crippen LogP contribution in [0.1, 0.15) is 180 Å². The van der Waals surface area contributed by atoms with Crippen molar-refractivity contribution in [3.63, 3.8) is 0 Å². The first-order valence-corrected chi connectivity index (χ1v) is 41.0. The van der Waals surface area contributed by atoms with E-state index in [0.29, 0.717) is 150 Å². The number of aromatic nitrogens is 6. The summed E-state index contributed by atoms with van der Waals surface area (Å²) in [5.41, 5.74) is 18.0. The molecular formula is C84H123N11O21. The van der Waals surface area contributed by atoms with Crippen molar-refractivity contribution in [2.45, 2.75) is 225 Å². The number of aliphatic hydroxyl groups excluding tert-OH is 1. The minimum absolute atomic E-state index is 0.00868. The van der Waals surface area contributed by atoms with Gasteiger partial charge in [0.05, 0.1) is 127 Å². The Balaban J connectivity index is 0.663. The number of aliphatic hydroxyl groups is 3. The molecule has 4 aliphatic heterocycles. The number of oxazole rings is 1. The number of aliphatic imine (C=N–C) groups is 1. The molecule has 2 bridgehead atoms. The number of methoxy groups -OCH3 is 3. The van der Waals surface area contributed by atoms with Gasteiger partial charge in [-0.05, 0) is 138 Å². The summed E-state index contributed by atoms with van der Waals surface area (Å²) in [5, 5.41) is 47.2. The Hall–Kier alpha value is -7.96. The van der Waals surface area contributed by atoms with E-state index >= 15 is 0 Å². The summed E-state index contributed by atoms with van der Waals surface area (Å²) in [4.78, 5) is 104. The van der Waals surface area contributed by atoms with Crippen molar-refractivity contribution < 1.29 is 101 Å². The third-order valence-electron chi connectivity index (χ3n) is 22.6. The zero-order chi connectivity index (χ0) is 83.5. The summed E-state index contributed by atoms with van der Waals surface area (Å²) >= 11 is 0. The molecule has 2 amide bonds. The number of nitrogens with one attached hydrogen (secondary N) is 1. The van der Waals surface area contributed by atoms with Gasteiger partial charge in [0.1, 0.15) is 53.5 Å². The number of hydrogen-bond acceptors (Lipinski definition) is 29. The van der Waals surface area contributed by atoms with E-state index in [-0.39, 0.29) is 118 Å². The number of anilines is 2. The van der Waals surface area contributed by atoms with E-state index in [9.17, 15) is 44.1 Å². The summed E-state index contributed by atoms with van der Waals surface area (Å²) in [6, 6.07) is 4.19. The van der Waals surface area contributed by atoms with Gasteiger partial charge in [0.25, 0.3) is 17.7 Å². The van der Waals surface area contributed by atoms with Crippen LogP contribution in [0.15, 0.2) is 87.7 Å². The zero-order valence-corrected chi connectivity index (χ0v) is 69.1. The first kappa shape index (κ1) is 91.9. The third kappa shape index (κ3) is 26.0. The van der Waals surface area contributed by atoms with Crippen molar-refractivity contribution >= 4 is 63.8 Å². The van der Waals surface area contributed by atoms with E-state index in [1.165, 1.54) is 20.5 Å². The molecule has 4 aromatic rings. The molecule has 0 spiro atoms. The van der Waals surface area contributed by atoms with Gasteiger partial charge in [0.15, 0.2) is 17.2 Å². The van der Waals surface area contributed by atoms with Crippen LogP contribution in [0.2, 0.25) is 0 Å². The highest BCUT2D eigenvalue weighted by molar-refractivity contribution is 6.39. The fourth-order valence-electron chi connectivity index (χ4n) is 15.8. The summed E-state index contributed by atoms with van der Waals surface area (Å²) in [6.07, 6.45) is 15.5. The number of unbranched alkanes of at least 4 members (excludes halogenated alkanes) is 1. The van der Waals surface area contributed by atoms with E-state index < -0.39 is 83.4 Å². The fraction of sp³-hybridized carbons (Fsp3) is 0.667. The average molecular weight is 1620 g/mol. The average Bonchev–Trinajstić information content (AvgIpc) is 1.52. The number of allylic oxidation sites excluding steroid dienone is 6. The Morgan fingerprint density at radius 1 is 0.810 bits per heavy atom. The number of fused-ring (bicyclic) bond motifs is 5. The molecular weight excluding hydrogens is 1500 g/mol. The highest BCUT2D eigenvalue weighted by Gasteiger charge is 2.57. The Morgan fingerprint density at radius 3 is 2.29 bits per heavy atom. The first-order chi connectivity index (χ1) is 55.7. The molecule has 116 heavy (non-hydrogen) atoms. The number of amides is 2. The van der Waals surface area contributed by atoms with Crippen LogP contribution in [0, 0.1) is 35.5 Å². The second kappa shape index (κ2) is 45.3. The topological polar surface area (TPSA) is 427 Å². The number of nitrogen functional groups attached to an aromatic ring is 2. The molecule has 32 heteroatoms. The number of ketones is 3. The lowest BCUT2D eigenvalue weighted by Crippen LogP contribution is -2.63. The van der Waals surface area contributed by atoms with Crippen molar-refractivity contribution in [1.82, 2.24) is 40.2 Å². The number of nitrogens with two attached hydrogens (primary N) is 2. The van der Waals surface area contributed by atoms with Crippen molar-refractivity contribution in [1.29, 1.82) is 0 Å². The number of carbonyl (C=O) groups excluding carboxylic acids is 6. The summed E-state index contributed by atoms with van der Waals surface area (Å²) in [5.74, 6) is -11.1. The highest BCUT2D eigenvalue weighted by atomic mass is 16.7. The number of benzene rings is 1. The maximum absolute atomic E-state index is 14.8. The van der Waals surface area contributed by atoms with Gasteiger partial charge in [-0.3, -0.25) is 29.0 Å². The molecule has 16 atom stereocenters. The molecule has 2 saturated heterocycles. The van der Waals surface area contributed by atoms with Crippen molar-refractivity contribution in [2.24, 2.45) is 40.5 Å². The van der Waals surface area contributed by atoms with Crippen LogP contribution in [-0.2, 0) is 94.0 Å². The summed E-state index contributed by atoms with van der Waals surface area (Å²) in [7, 11) is 4.47. The van der Waals surface area contributed by atoms with Crippen LogP contribution in [0.25, 0.3) is 11.1 Å². The molecule has 640 valence electrons. The number of nitrogens with zero attached hydrogens (tertiary/aromatic N) is 8.